The average molecular weight is 326 g/mol. The second-order valence-electron chi connectivity index (χ2n) is 5.16. The zero-order valence-corrected chi connectivity index (χ0v) is 14.2. The van der Waals surface area contributed by atoms with Crippen molar-refractivity contribution < 1.29 is 0 Å². The lowest BCUT2D eigenvalue weighted by Crippen LogP contribution is -2.16. The smallest absolute Gasteiger partial charge is 0.0663 e. The van der Waals surface area contributed by atoms with Crippen LogP contribution >= 0.6 is 23.2 Å². The van der Waals surface area contributed by atoms with Crippen molar-refractivity contribution in [1.29, 1.82) is 0 Å². The molecule has 0 radical (unpaired) electrons. The van der Waals surface area contributed by atoms with Crippen LogP contribution in [0.5, 0.6) is 0 Å². The van der Waals surface area contributed by atoms with Gasteiger partial charge in [-0.05, 0) is 56.6 Å². The van der Waals surface area contributed by atoms with Crippen molar-refractivity contribution in [3.63, 3.8) is 0 Å². The summed E-state index contributed by atoms with van der Waals surface area (Å²) >= 11 is 12.0. The molecule has 1 aromatic heterocycles. The van der Waals surface area contributed by atoms with E-state index >= 15 is 0 Å². The van der Waals surface area contributed by atoms with E-state index < -0.39 is 0 Å². The number of benzene rings is 1. The number of likely N-dealkylation sites (N-methyl/N-ethyl adjacent to an activating group) is 1. The first-order valence-electron chi connectivity index (χ1n) is 7.20. The Morgan fingerprint density at radius 3 is 2.62 bits per heavy atom. The number of halogens is 2. The van der Waals surface area contributed by atoms with E-state index in [1.54, 1.807) is 0 Å². The van der Waals surface area contributed by atoms with Gasteiger partial charge in [-0.15, -0.1) is 0 Å². The van der Waals surface area contributed by atoms with Crippen LogP contribution in [0.1, 0.15) is 29.4 Å². The van der Waals surface area contributed by atoms with Crippen molar-refractivity contribution in [2.75, 3.05) is 13.1 Å². The number of aromatic nitrogens is 2. The normalized spacial score (nSPS) is 11.1. The van der Waals surface area contributed by atoms with E-state index in [9.17, 15) is 0 Å². The van der Waals surface area contributed by atoms with Gasteiger partial charge in [0.15, 0.2) is 0 Å². The minimum Gasteiger partial charge on any atom is -0.317 e. The van der Waals surface area contributed by atoms with Crippen molar-refractivity contribution in [1.82, 2.24) is 15.1 Å². The molecule has 0 saturated heterocycles. The van der Waals surface area contributed by atoms with Crippen molar-refractivity contribution in [3.8, 4) is 0 Å². The van der Waals surface area contributed by atoms with Crippen LogP contribution in [-0.4, -0.2) is 22.9 Å². The van der Waals surface area contributed by atoms with Gasteiger partial charge in [0.05, 0.1) is 22.3 Å². The molecule has 0 spiro atoms. The van der Waals surface area contributed by atoms with Crippen molar-refractivity contribution in [3.05, 3.63) is 50.8 Å². The Bertz CT molecular complexity index is 620. The third-order valence-corrected chi connectivity index (χ3v) is 4.39. The van der Waals surface area contributed by atoms with E-state index in [0.717, 1.165) is 30.8 Å². The fourth-order valence-corrected chi connectivity index (χ4v) is 2.77. The highest BCUT2D eigenvalue weighted by molar-refractivity contribution is 6.42. The zero-order chi connectivity index (χ0) is 15.4. The topological polar surface area (TPSA) is 29.9 Å². The number of aryl methyl sites for hydroxylation is 1. The number of nitrogens with zero attached hydrogens (tertiary/aromatic N) is 2. The van der Waals surface area contributed by atoms with Crippen molar-refractivity contribution in [2.45, 2.75) is 33.7 Å². The van der Waals surface area contributed by atoms with Crippen molar-refractivity contribution >= 4 is 23.2 Å². The SMILES string of the molecule is CCNCCc1c(C)nn(Cc2ccc(Cl)c(Cl)c2)c1C. The summed E-state index contributed by atoms with van der Waals surface area (Å²) in [6.45, 7) is 9.00. The van der Waals surface area contributed by atoms with Gasteiger partial charge in [-0.3, -0.25) is 4.68 Å². The third kappa shape index (κ3) is 4.00. The summed E-state index contributed by atoms with van der Waals surface area (Å²) < 4.78 is 2.04. The van der Waals surface area contributed by atoms with E-state index in [2.05, 4.69) is 31.2 Å². The zero-order valence-electron chi connectivity index (χ0n) is 12.7. The lowest BCUT2D eigenvalue weighted by Gasteiger charge is -2.07. The molecule has 2 rings (SSSR count). The largest absolute Gasteiger partial charge is 0.317 e. The molecular weight excluding hydrogens is 305 g/mol. The summed E-state index contributed by atoms with van der Waals surface area (Å²) in [5.74, 6) is 0. The number of rotatable bonds is 6. The quantitative estimate of drug-likeness (QED) is 0.813. The molecule has 0 aliphatic carbocycles. The summed E-state index contributed by atoms with van der Waals surface area (Å²) in [6, 6.07) is 5.72. The van der Waals surface area contributed by atoms with Gasteiger partial charge < -0.3 is 5.32 Å². The molecular formula is C16H21Cl2N3. The first-order valence-corrected chi connectivity index (χ1v) is 7.96. The van der Waals surface area contributed by atoms with Crippen LogP contribution in [0.4, 0.5) is 0 Å². The van der Waals surface area contributed by atoms with Gasteiger partial charge in [-0.25, -0.2) is 0 Å². The molecule has 0 saturated carbocycles. The van der Waals surface area contributed by atoms with Crippen LogP contribution in [0.2, 0.25) is 10.0 Å². The Morgan fingerprint density at radius 2 is 1.95 bits per heavy atom. The number of hydrogen-bond donors (Lipinski definition) is 1. The molecule has 0 fully saturated rings. The molecule has 21 heavy (non-hydrogen) atoms. The summed E-state index contributed by atoms with van der Waals surface area (Å²) in [5, 5.41) is 9.17. The first-order chi connectivity index (χ1) is 10.0. The maximum atomic E-state index is 6.07. The lowest BCUT2D eigenvalue weighted by atomic mass is 10.1. The summed E-state index contributed by atoms with van der Waals surface area (Å²) in [5.41, 5.74) is 4.76. The summed E-state index contributed by atoms with van der Waals surface area (Å²) in [6.07, 6.45) is 1.01. The van der Waals surface area contributed by atoms with Gasteiger partial charge >= 0.3 is 0 Å². The van der Waals surface area contributed by atoms with E-state index in [1.165, 1.54) is 11.3 Å². The van der Waals surface area contributed by atoms with Gasteiger partial charge in [0.2, 0.25) is 0 Å². The molecule has 1 N–H and O–H groups in total. The summed E-state index contributed by atoms with van der Waals surface area (Å²) in [7, 11) is 0. The van der Waals surface area contributed by atoms with E-state index in [4.69, 9.17) is 23.2 Å². The molecule has 0 aliphatic heterocycles. The molecule has 0 aliphatic rings. The monoisotopic (exact) mass is 325 g/mol. The number of hydrogen-bond acceptors (Lipinski definition) is 2. The molecule has 0 bridgehead atoms. The van der Waals surface area contributed by atoms with Gasteiger partial charge in [0.25, 0.3) is 0 Å². The van der Waals surface area contributed by atoms with Crippen molar-refractivity contribution in [2.24, 2.45) is 0 Å². The Labute approximate surface area is 136 Å². The Morgan fingerprint density at radius 1 is 1.19 bits per heavy atom. The molecule has 0 unspecified atom stereocenters. The minimum atomic E-state index is 0.583. The third-order valence-electron chi connectivity index (χ3n) is 3.65. The van der Waals surface area contributed by atoms with E-state index in [1.807, 2.05) is 22.9 Å². The molecule has 114 valence electrons. The predicted octanol–water partition coefficient (Wildman–Crippen LogP) is 4.01. The molecule has 1 heterocycles. The fraction of sp³-hybridized carbons (Fsp3) is 0.438. The molecule has 0 atom stereocenters. The average Bonchev–Trinajstić information content (AvgIpc) is 2.70. The summed E-state index contributed by atoms with van der Waals surface area (Å²) in [4.78, 5) is 0. The predicted molar refractivity (Wildman–Crippen MR) is 89.5 cm³/mol. The molecule has 1 aromatic carbocycles. The molecule has 0 amide bonds. The van der Waals surface area contributed by atoms with Gasteiger partial charge in [0.1, 0.15) is 0 Å². The van der Waals surface area contributed by atoms with Crippen LogP contribution in [-0.2, 0) is 13.0 Å². The Hall–Kier alpha value is -1.03. The maximum Gasteiger partial charge on any atom is 0.0663 e. The second kappa shape index (κ2) is 7.30. The highest BCUT2D eigenvalue weighted by Gasteiger charge is 2.11. The highest BCUT2D eigenvalue weighted by atomic mass is 35.5. The Kier molecular flexibility index (Phi) is 5.68. The lowest BCUT2D eigenvalue weighted by molar-refractivity contribution is 0.656. The van der Waals surface area contributed by atoms with Gasteiger partial charge in [-0.1, -0.05) is 36.2 Å². The fourth-order valence-electron chi connectivity index (χ4n) is 2.45. The molecule has 5 heteroatoms. The van der Waals surface area contributed by atoms with E-state index in [-0.39, 0.29) is 0 Å². The van der Waals surface area contributed by atoms with Crippen LogP contribution in [0.3, 0.4) is 0 Å². The van der Waals surface area contributed by atoms with Crippen LogP contribution in [0.25, 0.3) is 0 Å². The van der Waals surface area contributed by atoms with Gasteiger partial charge in [0, 0.05) is 5.69 Å². The van der Waals surface area contributed by atoms with E-state index in [0.29, 0.717) is 16.6 Å². The van der Waals surface area contributed by atoms with Crippen LogP contribution in [0, 0.1) is 13.8 Å². The standard InChI is InChI=1S/C16H21Cl2N3/c1-4-19-8-7-14-11(2)20-21(12(14)3)10-13-5-6-15(17)16(18)9-13/h5-6,9,19H,4,7-8,10H2,1-3H3. The molecule has 3 nitrogen and oxygen atoms in total. The second-order valence-corrected chi connectivity index (χ2v) is 5.97. The molecule has 2 aromatic rings. The highest BCUT2D eigenvalue weighted by Crippen LogP contribution is 2.23. The first kappa shape index (κ1) is 16.3. The van der Waals surface area contributed by atoms with Crippen LogP contribution < -0.4 is 5.32 Å². The maximum absolute atomic E-state index is 6.07. The number of nitrogens with one attached hydrogen (secondary N) is 1. The Balaban J connectivity index is 2.16. The van der Waals surface area contributed by atoms with Crippen LogP contribution in [0.15, 0.2) is 18.2 Å². The minimum absolute atomic E-state index is 0.583. The van der Waals surface area contributed by atoms with Gasteiger partial charge in [-0.2, -0.15) is 5.10 Å².